The van der Waals surface area contributed by atoms with Crippen LogP contribution in [0.2, 0.25) is 0 Å². The number of carbonyl (C=O) groups excluding carboxylic acids is 2. The highest BCUT2D eigenvalue weighted by atomic mass is 16.3. The van der Waals surface area contributed by atoms with Crippen LogP contribution in [0.25, 0.3) is 0 Å². The maximum Gasteiger partial charge on any atom is 0.251 e. The summed E-state index contributed by atoms with van der Waals surface area (Å²) in [7, 11) is 0. The largest absolute Gasteiger partial charge is 0.464 e. The number of carbonyl (C=O) groups is 2. The van der Waals surface area contributed by atoms with Crippen LogP contribution in [-0.2, 0) is 4.79 Å². The lowest BCUT2D eigenvalue weighted by molar-refractivity contribution is -0.122. The van der Waals surface area contributed by atoms with Crippen molar-refractivity contribution >= 4 is 11.8 Å². The molecule has 2 atom stereocenters. The lowest BCUT2D eigenvalue weighted by Crippen LogP contribution is -2.34. The average Bonchev–Trinajstić information content (AvgIpc) is 3.15. The first-order chi connectivity index (χ1) is 13.5. The molecule has 2 amide bonds. The average molecular weight is 376 g/mol. The van der Waals surface area contributed by atoms with Crippen molar-refractivity contribution in [1.29, 1.82) is 0 Å². The summed E-state index contributed by atoms with van der Waals surface area (Å²) in [6.07, 6.45) is 0.132. The first-order valence-electron chi connectivity index (χ1n) is 9.29. The van der Waals surface area contributed by atoms with E-state index in [9.17, 15) is 9.59 Å². The monoisotopic (exact) mass is 376 g/mol. The van der Waals surface area contributed by atoms with Crippen LogP contribution in [0, 0.1) is 6.92 Å². The second-order valence-corrected chi connectivity index (χ2v) is 6.74. The molecule has 0 aliphatic carbocycles. The molecule has 0 radical (unpaired) electrons. The Labute approximate surface area is 164 Å². The summed E-state index contributed by atoms with van der Waals surface area (Å²) in [5.41, 5.74) is 1.44. The lowest BCUT2D eigenvalue weighted by atomic mass is 10.0. The first kappa shape index (κ1) is 19.4. The molecule has 0 fully saturated rings. The third-order valence-corrected chi connectivity index (χ3v) is 4.50. The van der Waals surface area contributed by atoms with Gasteiger partial charge in [0, 0.05) is 5.56 Å². The molecule has 1 heterocycles. The van der Waals surface area contributed by atoms with Crippen LogP contribution in [0.4, 0.5) is 0 Å². The third kappa shape index (κ3) is 5.10. The van der Waals surface area contributed by atoms with Crippen LogP contribution >= 0.6 is 0 Å². The van der Waals surface area contributed by atoms with E-state index in [1.54, 1.807) is 12.1 Å². The SMILES string of the molecule is Cc1ccc([C@H](C)NC(=O)C[C@@H](NC(=O)c2ccccc2)c2ccccc2)o1. The fourth-order valence-corrected chi connectivity index (χ4v) is 3.01. The van der Waals surface area contributed by atoms with E-state index < -0.39 is 6.04 Å². The van der Waals surface area contributed by atoms with Crippen molar-refractivity contribution in [2.24, 2.45) is 0 Å². The predicted molar refractivity (Wildman–Crippen MR) is 108 cm³/mol. The number of amides is 2. The Bertz CT molecular complexity index is 919. The maximum atomic E-state index is 12.6. The molecule has 0 spiro atoms. The zero-order valence-electron chi connectivity index (χ0n) is 16.0. The van der Waals surface area contributed by atoms with Crippen LogP contribution < -0.4 is 10.6 Å². The predicted octanol–water partition coefficient (Wildman–Crippen LogP) is 4.33. The van der Waals surface area contributed by atoms with Gasteiger partial charge in [0.25, 0.3) is 5.91 Å². The molecule has 0 saturated carbocycles. The summed E-state index contributed by atoms with van der Waals surface area (Å²) >= 11 is 0. The van der Waals surface area contributed by atoms with Gasteiger partial charge in [-0.3, -0.25) is 9.59 Å². The van der Waals surface area contributed by atoms with E-state index in [0.717, 1.165) is 11.3 Å². The second-order valence-electron chi connectivity index (χ2n) is 6.74. The quantitative estimate of drug-likeness (QED) is 0.645. The molecule has 28 heavy (non-hydrogen) atoms. The molecular formula is C23H24N2O3. The van der Waals surface area contributed by atoms with Gasteiger partial charge in [-0.15, -0.1) is 0 Å². The van der Waals surface area contributed by atoms with Gasteiger partial charge in [-0.1, -0.05) is 48.5 Å². The summed E-state index contributed by atoms with van der Waals surface area (Å²) in [6, 6.07) is 21.5. The Morgan fingerprint density at radius 1 is 0.893 bits per heavy atom. The number of nitrogens with one attached hydrogen (secondary N) is 2. The smallest absolute Gasteiger partial charge is 0.251 e. The van der Waals surface area contributed by atoms with E-state index in [2.05, 4.69) is 10.6 Å². The highest BCUT2D eigenvalue weighted by molar-refractivity contribution is 5.94. The van der Waals surface area contributed by atoms with Crippen molar-refractivity contribution in [2.45, 2.75) is 32.4 Å². The number of hydrogen-bond acceptors (Lipinski definition) is 3. The summed E-state index contributed by atoms with van der Waals surface area (Å²) in [4.78, 5) is 25.2. The van der Waals surface area contributed by atoms with Crippen LogP contribution in [-0.4, -0.2) is 11.8 Å². The van der Waals surface area contributed by atoms with Crippen molar-refractivity contribution in [1.82, 2.24) is 10.6 Å². The molecule has 0 bridgehead atoms. The number of rotatable bonds is 7. The van der Waals surface area contributed by atoms with Gasteiger partial charge in [-0.05, 0) is 43.7 Å². The van der Waals surface area contributed by atoms with Crippen molar-refractivity contribution in [3.63, 3.8) is 0 Å². The van der Waals surface area contributed by atoms with E-state index in [4.69, 9.17) is 4.42 Å². The van der Waals surface area contributed by atoms with Gasteiger partial charge >= 0.3 is 0 Å². The minimum Gasteiger partial charge on any atom is -0.464 e. The fraction of sp³-hybridized carbons (Fsp3) is 0.217. The molecule has 2 aromatic carbocycles. The standard InChI is InChI=1S/C23H24N2O3/c1-16-13-14-21(28-16)17(2)24-22(26)15-20(18-9-5-3-6-10-18)25-23(27)19-11-7-4-8-12-19/h3-14,17,20H,15H2,1-2H3,(H,24,26)(H,25,27)/t17-,20+/m0/s1. The minimum absolute atomic E-state index is 0.132. The van der Waals surface area contributed by atoms with Crippen LogP contribution in [0.5, 0.6) is 0 Å². The molecule has 1 aromatic heterocycles. The van der Waals surface area contributed by atoms with Crippen molar-refractivity contribution < 1.29 is 14.0 Å². The number of benzene rings is 2. The topological polar surface area (TPSA) is 71.3 Å². The Hall–Kier alpha value is -3.34. The molecule has 2 N–H and O–H groups in total. The summed E-state index contributed by atoms with van der Waals surface area (Å²) in [5.74, 6) is 1.13. The van der Waals surface area contributed by atoms with Gasteiger partial charge in [0.15, 0.2) is 0 Å². The Morgan fingerprint density at radius 2 is 1.54 bits per heavy atom. The van der Waals surface area contributed by atoms with Crippen LogP contribution in [0.15, 0.2) is 77.2 Å². The van der Waals surface area contributed by atoms with Crippen molar-refractivity contribution in [3.8, 4) is 0 Å². The first-order valence-corrected chi connectivity index (χ1v) is 9.29. The van der Waals surface area contributed by atoms with Gasteiger partial charge in [0.2, 0.25) is 5.91 Å². The van der Waals surface area contributed by atoms with Crippen molar-refractivity contribution in [2.75, 3.05) is 0 Å². The Balaban J connectivity index is 1.70. The van der Waals surface area contributed by atoms with E-state index in [1.807, 2.05) is 74.5 Å². The Kier molecular flexibility index (Phi) is 6.27. The summed E-state index contributed by atoms with van der Waals surface area (Å²) in [6.45, 7) is 3.73. The molecule has 3 rings (SSSR count). The van der Waals surface area contributed by atoms with Crippen LogP contribution in [0.1, 0.15) is 52.9 Å². The molecule has 0 saturated heterocycles. The molecule has 0 aliphatic heterocycles. The van der Waals surface area contributed by atoms with E-state index >= 15 is 0 Å². The van der Waals surface area contributed by atoms with Gasteiger partial charge in [0.05, 0.1) is 18.5 Å². The maximum absolute atomic E-state index is 12.6. The van der Waals surface area contributed by atoms with Gasteiger partial charge in [-0.2, -0.15) is 0 Å². The minimum atomic E-state index is -0.431. The molecule has 3 aromatic rings. The number of furan rings is 1. The molecular weight excluding hydrogens is 352 g/mol. The summed E-state index contributed by atoms with van der Waals surface area (Å²) in [5, 5.41) is 5.91. The lowest BCUT2D eigenvalue weighted by Gasteiger charge is -2.20. The van der Waals surface area contributed by atoms with Crippen LogP contribution in [0.3, 0.4) is 0 Å². The number of hydrogen-bond donors (Lipinski definition) is 2. The normalized spacial score (nSPS) is 12.8. The van der Waals surface area contributed by atoms with Gasteiger partial charge < -0.3 is 15.1 Å². The highest BCUT2D eigenvalue weighted by Gasteiger charge is 2.21. The van der Waals surface area contributed by atoms with Gasteiger partial charge in [0.1, 0.15) is 11.5 Å². The molecule has 144 valence electrons. The van der Waals surface area contributed by atoms with E-state index in [-0.39, 0.29) is 24.3 Å². The molecule has 0 aliphatic rings. The number of aryl methyl sites for hydroxylation is 1. The molecule has 5 nitrogen and oxygen atoms in total. The highest BCUT2D eigenvalue weighted by Crippen LogP contribution is 2.20. The van der Waals surface area contributed by atoms with E-state index in [0.29, 0.717) is 11.3 Å². The van der Waals surface area contributed by atoms with Crippen molar-refractivity contribution in [3.05, 3.63) is 95.4 Å². The molecule has 5 heteroatoms. The second kappa shape index (κ2) is 9.04. The fourth-order valence-electron chi connectivity index (χ4n) is 3.01. The Morgan fingerprint density at radius 3 is 2.14 bits per heavy atom. The molecule has 0 unspecified atom stereocenters. The zero-order chi connectivity index (χ0) is 19.9. The van der Waals surface area contributed by atoms with E-state index in [1.165, 1.54) is 0 Å². The third-order valence-electron chi connectivity index (χ3n) is 4.50. The van der Waals surface area contributed by atoms with Gasteiger partial charge in [-0.25, -0.2) is 0 Å². The zero-order valence-corrected chi connectivity index (χ0v) is 16.0. The summed E-state index contributed by atoms with van der Waals surface area (Å²) < 4.78 is 5.57.